The summed E-state index contributed by atoms with van der Waals surface area (Å²) in [6.07, 6.45) is 0. The Morgan fingerprint density at radius 1 is 1.58 bits per heavy atom. The smallest absolute Gasteiger partial charge is 0.123 e. The molecule has 0 spiro atoms. The van der Waals surface area contributed by atoms with E-state index in [1.54, 1.807) is 0 Å². The van der Waals surface area contributed by atoms with Gasteiger partial charge in [-0.05, 0) is 13.0 Å². The average molecular weight is 164 g/mol. The summed E-state index contributed by atoms with van der Waals surface area (Å²) in [7, 11) is 0. The van der Waals surface area contributed by atoms with Crippen LogP contribution in [0.5, 0.6) is 5.75 Å². The second-order valence-electron chi connectivity index (χ2n) is 3.23. The fraction of sp³-hybridized carbons (Fsp3) is 0.400. The van der Waals surface area contributed by atoms with Crippen LogP contribution in [-0.4, -0.2) is 18.3 Å². The van der Waals surface area contributed by atoms with Gasteiger partial charge in [-0.15, -0.1) is 0 Å². The molecule has 0 aromatic heterocycles. The van der Waals surface area contributed by atoms with Gasteiger partial charge in [0.2, 0.25) is 0 Å². The molecule has 1 aliphatic rings. The minimum Gasteiger partial charge on any atom is -0.493 e. The molecule has 1 atom stereocenters. The van der Waals surface area contributed by atoms with E-state index >= 15 is 0 Å². The van der Waals surface area contributed by atoms with Crippen LogP contribution in [0.4, 0.5) is 0 Å². The van der Waals surface area contributed by atoms with Crippen molar-refractivity contribution in [1.29, 1.82) is 0 Å². The number of benzene rings is 1. The van der Waals surface area contributed by atoms with E-state index in [4.69, 9.17) is 9.84 Å². The normalized spacial score (nSPS) is 20.3. The second-order valence-corrected chi connectivity index (χ2v) is 3.23. The van der Waals surface area contributed by atoms with Gasteiger partial charge in [-0.3, -0.25) is 0 Å². The lowest BCUT2D eigenvalue weighted by Crippen LogP contribution is -2.04. The Labute approximate surface area is 71.8 Å². The van der Waals surface area contributed by atoms with Crippen molar-refractivity contribution >= 4 is 0 Å². The van der Waals surface area contributed by atoms with Gasteiger partial charge in [0.15, 0.2) is 0 Å². The Hall–Kier alpha value is -1.02. The summed E-state index contributed by atoms with van der Waals surface area (Å²) in [5.41, 5.74) is 2.37. The molecule has 2 nitrogen and oxygen atoms in total. The number of rotatable bonds is 1. The van der Waals surface area contributed by atoms with Crippen molar-refractivity contribution in [3.63, 3.8) is 0 Å². The van der Waals surface area contributed by atoms with Crippen LogP contribution in [0.25, 0.3) is 0 Å². The van der Waals surface area contributed by atoms with Gasteiger partial charge in [0.25, 0.3) is 0 Å². The first-order valence-electron chi connectivity index (χ1n) is 4.15. The minimum absolute atomic E-state index is 0.177. The Balaban J connectivity index is 2.42. The van der Waals surface area contributed by atoms with Gasteiger partial charge in [-0.25, -0.2) is 0 Å². The molecule has 1 aromatic rings. The predicted molar refractivity (Wildman–Crippen MR) is 46.5 cm³/mol. The molecule has 0 bridgehead atoms. The van der Waals surface area contributed by atoms with E-state index in [1.807, 2.05) is 19.1 Å². The summed E-state index contributed by atoms with van der Waals surface area (Å²) in [4.78, 5) is 0. The van der Waals surface area contributed by atoms with Crippen molar-refractivity contribution in [1.82, 2.24) is 0 Å². The highest BCUT2D eigenvalue weighted by Crippen LogP contribution is 2.33. The Morgan fingerprint density at radius 3 is 3.17 bits per heavy atom. The number of aryl methyl sites for hydroxylation is 1. The van der Waals surface area contributed by atoms with Crippen molar-refractivity contribution in [2.45, 2.75) is 12.8 Å². The summed E-state index contributed by atoms with van der Waals surface area (Å²) in [6, 6.07) is 6.09. The largest absolute Gasteiger partial charge is 0.493 e. The topological polar surface area (TPSA) is 29.5 Å². The predicted octanol–water partition coefficient (Wildman–Crippen LogP) is 1.46. The number of fused-ring (bicyclic) bond motifs is 1. The molecule has 64 valence electrons. The van der Waals surface area contributed by atoms with E-state index < -0.39 is 0 Å². The van der Waals surface area contributed by atoms with E-state index in [2.05, 4.69) is 6.07 Å². The summed E-state index contributed by atoms with van der Waals surface area (Å²) in [5.74, 6) is 1.11. The third-order valence-electron chi connectivity index (χ3n) is 2.27. The maximum Gasteiger partial charge on any atom is 0.123 e. The molecule has 0 radical (unpaired) electrons. The fourth-order valence-electron chi connectivity index (χ4n) is 1.55. The number of hydrogen-bond acceptors (Lipinski definition) is 2. The third-order valence-corrected chi connectivity index (χ3v) is 2.27. The summed E-state index contributed by atoms with van der Waals surface area (Å²) >= 11 is 0. The first-order valence-corrected chi connectivity index (χ1v) is 4.15. The fourth-order valence-corrected chi connectivity index (χ4v) is 1.55. The van der Waals surface area contributed by atoms with Crippen LogP contribution in [0.15, 0.2) is 18.2 Å². The molecular weight excluding hydrogens is 152 g/mol. The van der Waals surface area contributed by atoms with Gasteiger partial charge >= 0.3 is 0 Å². The lowest BCUT2D eigenvalue weighted by Gasteiger charge is -2.03. The summed E-state index contributed by atoms with van der Waals surface area (Å²) in [5, 5.41) is 9.02. The van der Waals surface area contributed by atoms with Crippen LogP contribution in [0.1, 0.15) is 17.0 Å². The Bertz CT molecular complexity index is 294. The molecule has 1 N–H and O–H groups in total. The zero-order valence-electron chi connectivity index (χ0n) is 7.08. The maximum absolute atomic E-state index is 9.02. The van der Waals surface area contributed by atoms with Crippen molar-refractivity contribution in [2.75, 3.05) is 13.2 Å². The van der Waals surface area contributed by atoms with Crippen LogP contribution in [0.3, 0.4) is 0 Å². The SMILES string of the molecule is Cc1ccc2c(c1)[C@@H](CO)CO2. The molecular formula is C10H12O2. The first-order chi connectivity index (χ1) is 5.81. The maximum atomic E-state index is 9.02. The molecule has 0 saturated heterocycles. The molecule has 0 fully saturated rings. The van der Waals surface area contributed by atoms with Gasteiger partial charge in [-0.1, -0.05) is 17.7 Å². The average Bonchev–Trinajstić information content (AvgIpc) is 2.46. The molecule has 2 rings (SSSR count). The van der Waals surface area contributed by atoms with Crippen LogP contribution < -0.4 is 4.74 Å². The zero-order valence-corrected chi connectivity index (χ0v) is 7.08. The Morgan fingerprint density at radius 2 is 2.42 bits per heavy atom. The Kier molecular flexibility index (Phi) is 1.77. The van der Waals surface area contributed by atoms with E-state index in [1.165, 1.54) is 5.56 Å². The number of ether oxygens (including phenoxy) is 1. The van der Waals surface area contributed by atoms with E-state index in [0.29, 0.717) is 6.61 Å². The van der Waals surface area contributed by atoms with E-state index in [-0.39, 0.29) is 12.5 Å². The monoisotopic (exact) mass is 164 g/mol. The van der Waals surface area contributed by atoms with Gasteiger partial charge < -0.3 is 9.84 Å². The number of aliphatic hydroxyl groups excluding tert-OH is 1. The van der Waals surface area contributed by atoms with Crippen molar-refractivity contribution < 1.29 is 9.84 Å². The molecule has 1 heterocycles. The van der Waals surface area contributed by atoms with Crippen LogP contribution in [0.2, 0.25) is 0 Å². The van der Waals surface area contributed by atoms with Crippen LogP contribution in [0, 0.1) is 6.92 Å². The third kappa shape index (κ3) is 1.08. The van der Waals surface area contributed by atoms with Crippen molar-refractivity contribution in [2.24, 2.45) is 0 Å². The first kappa shape index (κ1) is 7.62. The van der Waals surface area contributed by atoms with E-state index in [0.717, 1.165) is 11.3 Å². The van der Waals surface area contributed by atoms with Crippen LogP contribution in [-0.2, 0) is 0 Å². The van der Waals surface area contributed by atoms with Crippen molar-refractivity contribution in [3.05, 3.63) is 29.3 Å². The quantitative estimate of drug-likeness (QED) is 0.681. The number of hydrogen-bond donors (Lipinski definition) is 1. The lowest BCUT2D eigenvalue weighted by molar-refractivity contribution is 0.232. The van der Waals surface area contributed by atoms with Gasteiger partial charge in [0.1, 0.15) is 5.75 Å². The van der Waals surface area contributed by atoms with E-state index in [9.17, 15) is 0 Å². The molecule has 1 aliphatic heterocycles. The molecule has 12 heavy (non-hydrogen) atoms. The standard InChI is InChI=1S/C10H12O2/c1-7-2-3-10-9(4-7)8(5-11)6-12-10/h2-4,8,11H,5-6H2,1H3/t8-/m0/s1. The van der Waals surface area contributed by atoms with Gasteiger partial charge in [0.05, 0.1) is 13.2 Å². The highest BCUT2D eigenvalue weighted by atomic mass is 16.5. The summed E-state index contributed by atoms with van der Waals surface area (Å²) < 4.78 is 5.40. The van der Waals surface area contributed by atoms with Crippen molar-refractivity contribution in [3.8, 4) is 5.75 Å². The van der Waals surface area contributed by atoms with Gasteiger partial charge in [-0.2, -0.15) is 0 Å². The molecule has 0 amide bonds. The molecule has 0 unspecified atom stereocenters. The molecule has 1 aromatic carbocycles. The minimum atomic E-state index is 0.177. The summed E-state index contributed by atoms with van der Waals surface area (Å²) in [6.45, 7) is 2.85. The highest BCUT2D eigenvalue weighted by molar-refractivity contribution is 5.42. The molecule has 2 heteroatoms. The zero-order chi connectivity index (χ0) is 8.55. The second kappa shape index (κ2) is 2.79. The molecule has 0 aliphatic carbocycles. The molecule has 0 saturated carbocycles. The van der Waals surface area contributed by atoms with Gasteiger partial charge in [0, 0.05) is 11.5 Å². The lowest BCUT2D eigenvalue weighted by atomic mass is 10.0. The van der Waals surface area contributed by atoms with Crippen LogP contribution >= 0.6 is 0 Å². The number of aliphatic hydroxyl groups is 1. The highest BCUT2D eigenvalue weighted by Gasteiger charge is 2.22.